The maximum atomic E-state index is 13.0. The molecule has 0 aliphatic heterocycles. The molecule has 1 amide bonds. The highest BCUT2D eigenvalue weighted by atomic mass is 16.5. The van der Waals surface area contributed by atoms with Crippen molar-refractivity contribution in [1.29, 1.82) is 0 Å². The van der Waals surface area contributed by atoms with Gasteiger partial charge in [-0.05, 0) is 23.8 Å². The second-order valence-electron chi connectivity index (χ2n) is 6.26. The molecule has 3 aromatic carbocycles. The number of hydrogen-bond donors (Lipinski definition) is 2. The Balaban J connectivity index is 1.79. The van der Waals surface area contributed by atoms with E-state index in [1.165, 1.54) is 0 Å². The molecule has 0 saturated heterocycles. The van der Waals surface area contributed by atoms with Crippen LogP contribution in [0.15, 0.2) is 78.9 Å². The van der Waals surface area contributed by atoms with Gasteiger partial charge in [0, 0.05) is 23.9 Å². The van der Waals surface area contributed by atoms with Crippen molar-refractivity contribution in [2.75, 3.05) is 19.5 Å². The molecule has 5 nitrogen and oxygen atoms in total. The second kappa shape index (κ2) is 9.58. The van der Waals surface area contributed by atoms with Gasteiger partial charge in [0.2, 0.25) is 5.91 Å². The summed E-state index contributed by atoms with van der Waals surface area (Å²) in [5.74, 6) is 1.33. The molecule has 144 valence electrons. The third kappa shape index (κ3) is 4.90. The fourth-order valence-electron chi connectivity index (χ4n) is 2.98. The molecule has 0 aliphatic carbocycles. The summed E-state index contributed by atoms with van der Waals surface area (Å²) in [6.07, 6.45) is 0. The Morgan fingerprint density at radius 1 is 0.893 bits per heavy atom. The molecule has 3 rings (SSSR count). The van der Waals surface area contributed by atoms with Crippen LogP contribution in [-0.2, 0) is 11.3 Å². The molecule has 0 fully saturated rings. The smallest absolute Gasteiger partial charge is 0.246 e. The van der Waals surface area contributed by atoms with E-state index in [2.05, 4.69) is 10.6 Å². The van der Waals surface area contributed by atoms with Crippen molar-refractivity contribution in [3.8, 4) is 11.5 Å². The average Bonchev–Trinajstić information content (AvgIpc) is 2.75. The number of carbonyl (C=O) groups excluding carboxylic acids is 1. The van der Waals surface area contributed by atoms with Gasteiger partial charge >= 0.3 is 0 Å². The van der Waals surface area contributed by atoms with Crippen LogP contribution < -0.4 is 20.1 Å². The molecule has 0 spiro atoms. The van der Waals surface area contributed by atoms with Gasteiger partial charge in [-0.2, -0.15) is 0 Å². The minimum atomic E-state index is -0.516. The number of nitrogens with one attached hydrogen (secondary N) is 2. The van der Waals surface area contributed by atoms with E-state index in [4.69, 9.17) is 9.47 Å². The van der Waals surface area contributed by atoms with Crippen LogP contribution in [0.3, 0.4) is 0 Å². The Morgan fingerprint density at radius 3 is 2.39 bits per heavy atom. The van der Waals surface area contributed by atoms with Gasteiger partial charge in [-0.3, -0.25) is 10.1 Å². The molecule has 5 heteroatoms. The summed E-state index contributed by atoms with van der Waals surface area (Å²) in [5, 5.41) is 6.32. The van der Waals surface area contributed by atoms with Crippen molar-refractivity contribution in [2.45, 2.75) is 12.6 Å². The fourth-order valence-corrected chi connectivity index (χ4v) is 2.98. The van der Waals surface area contributed by atoms with Gasteiger partial charge in [-0.1, -0.05) is 54.6 Å². The summed E-state index contributed by atoms with van der Waals surface area (Å²) >= 11 is 0. The molecule has 0 saturated carbocycles. The summed E-state index contributed by atoms with van der Waals surface area (Å²) in [6.45, 7) is 0.495. The Bertz CT molecular complexity index is 912. The molecular formula is C23H24N2O3. The van der Waals surface area contributed by atoms with E-state index < -0.39 is 6.04 Å². The van der Waals surface area contributed by atoms with Gasteiger partial charge in [0.1, 0.15) is 17.5 Å². The van der Waals surface area contributed by atoms with Crippen LogP contribution in [0.4, 0.5) is 5.69 Å². The first-order chi connectivity index (χ1) is 13.7. The zero-order chi connectivity index (χ0) is 19.8. The molecule has 0 heterocycles. The molecule has 0 unspecified atom stereocenters. The number of ether oxygens (including phenoxy) is 2. The van der Waals surface area contributed by atoms with Crippen molar-refractivity contribution < 1.29 is 14.3 Å². The Kier molecular flexibility index (Phi) is 6.65. The van der Waals surface area contributed by atoms with Gasteiger partial charge in [0.05, 0.1) is 14.2 Å². The fraction of sp³-hybridized carbons (Fsp3) is 0.174. The van der Waals surface area contributed by atoms with Gasteiger partial charge in [0.25, 0.3) is 0 Å². The van der Waals surface area contributed by atoms with Crippen LogP contribution in [0.25, 0.3) is 0 Å². The monoisotopic (exact) mass is 376 g/mol. The third-order valence-electron chi connectivity index (χ3n) is 4.42. The molecule has 2 N–H and O–H groups in total. The van der Waals surface area contributed by atoms with E-state index in [0.717, 1.165) is 16.9 Å². The minimum absolute atomic E-state index is 0.144. The van der Waals surface area contributed by atoms with Crippen LogP contribution >= 0.6 is 0 Å². The molecule has 28 heavy (non-hydrogen) atoms. The van der Waals surface area contributed by atoms with E-state index in [9.17, 15) is 4.79 Å². The normalized spacial score (nSPS) is 11.5. The van der Waals surface area contributed by atoms with E-state index in [0.29, 0.717) is 18.0 Å². The predicted octanol–water partition coefficient (Wildman–Crippen LogP) is 4.17. The molecule has 0 aromatic heterocycles. The van der Waals surface area contributed by atoms with Gasteiger partial charge < -0.3 is 14.8 Å². The van der Waals surface area contributed by atoms with Crippen molar-refractivity contribution >= 4 is 11.6 Å². The van der Waals surface area contributed by atoms with Gasteiger partial charge in [-0.25, -0.2) is 0 Å². The Hall–Kier alpha value is -3.31. The third-order valence-corrected chi connectivity index (χ3v) is 4.42. The molecule has 1 atom stereocenters. The topological polar surface area (TPSA) is 59.6 Å². The van der Waals surface area contributed by atoms with E-state index in [1.54, 1.807) is 20.3 Å². The van der Waals surface area contributed by atoms with E-state index in [-0.39, 0.29) is 5.91 Å². The largest absolute Gasteiger partial charge is 0.497 e. The first-order valence-electron chi connectivity index (χ1n) is 9.06. The number of amides is 1. The van der Waals surface area contributed by atoms with Crippen molar-refractivity contribution in [3.05, 3.63) is 90.0 Å². The number of para-hydroxylation sites is 1. The Labute approximate surface area is 165 Å². The maximum Gasteiger partial charge on any atom is 0.246 e. The summed E-state index contributed by atoms with van der Waals surface area (Å²) in [5.41, 5.74) is 2.56. The lowest BCUT2D eigenvalue weighted by atomic mass is 10.1. The second-order valence-corrected chi connectivity index (χ2v) is 6.26. The zero-order valence-corrected chi connectivity index (χ0v) is 16.0. The highest BCUT2D eigenvalue weighted by Gasteiger charge is 2.21. The first-order valence-corrected chi connectivity index (χ1v) is 9.06. The maximum absolute atomic E-state index is 13.0. The van der Waals surface area contributed by atoms with Crippen molar-refractivity contribution in [2.24, 2.45) is 0 Å². The van der Waals surface area contributed by atoms with Gasteiger partial charge in [0.15, 0.2) is 0 Å². The highest BCUT2D eigenvalue weighted by molar-refractivity contribution is 5.95. The average molecular weight is 376 g/mol. The zero-order valence-electron chi connectivity index (χ0n) is 16.0. The van der Waals surface area contributed by atoms with Crippen LogP contribution in [0.1, 0.15) is 17.2 Å². The molecular weight excluding hydrogens is 352 g/mol. The molecule has 0 bridgehead atoms. The number of rotatable bonds is 8. The Morgan fingerprint density at radius 2 is 1.64 bits per heavy atom. The number of carbonyl (C=O) groups is 1. The highest BCUT2D eigenvalue weighted by Crippen LogP contribution is 2.22. The molecule has 0 radical (unpaired) electrons. The minimum Gasteiger partial charge on any atom is -0.497 e. The number of anilines is 1. The number of methoxy groups -OCH3 is 2. The standard InChI is InChI=1S/C23H24N2O3/c1-27-20-13-8-12-19(15-20)25-23(26)22(17-9-4-3-5-10-17)24-16-18-11-6-7-14-21(18)28-2/h3-15,22,24H,16H2,1-2H3,(H,25,26)/t22-/m0/s1. The van der Waals surface area contributed by atoms with Crippen LogP contribution in [0.2, 0.25) is 0 Å². The van der Waals surface area contributed by atoms with Gasteiger partial charge in [-0.15, -0.1) is 0 Å². The van der Waals surface area contributed by atoms with Crippen LogP contribution in [-0.4, -0.2) is 20.1 Å². The van der Waals surface area contributed by atoms with Crippen LogP contribution in [0, 0.1) is 0 Å². The number of benzene rings is 3. The lowest BCUT2D eigenvalue weighted by Crippen LogP contribution is -2.32. The van der Waals surface area contributed by atoms with Crippen molar-refractivity contribution in [3.63, 3.8) is 0 Å². The first kappa shape index (κ1) is 19.5. The predicted molar refractivity (Wildman–Crippen MR) is 111 cm³/mol. The summed E-state index contributed by atoms with van der Waals surface area (Å²) in [4.78, 5) is 13.0. The molecule has 3 aromatic rings. The van der Waals surface area contributed by atoms with Crippen LogP contribution in [0.5, 0.6) is 11.5 Å². The lowest BCUT2D eigenvalue weighted by Gasteiger charge is -2.20. The van der Waals surface area contributed by atoms with E-state index >= 15 is 0 Å². The number of hydrogen-bond acceptors (Lipinski definition) is 4. The SMILES string of the molecule is COc1cccc(NC(=O)[C@@H](NCc2ccccc2OC)c2ccccc2)c1. The summed E-state index contributed by atoms with van der Waals surface area (Å²) < 4.78 is 10.6. The lowest BCUT2D eigenvalue weighted by molar-refractivity contribution is -0.118. The van der Waals surface area contributed by atoms with E-state index in [1.807, 2.05) is 72.8 Å². The molecule has 0 aliphatic rings. The summed E-state index contributed by atoms with van der Waals surface area (Å²) in [6, 6.07) is 24.2. The quantitative estimate of drug-likeness (QED) is 0.619. The summed E-state index contributed by atoms with van der Waals surface area (Å²) in [7, 11) is 3.24. The van der Waals surface area contributed by atoms with Crippen molar-refractivity contribution in [1.82, 2.24) is 5.32 Å².